The number of carbonyl (C=O) groups excluding carboxylic acids is 4. The molecule has 3 saturated heterocycles. The Hall–Kier alpha value is -6.11. The SMILES string of the molecule is Cn1c(=O)n([C@@H]2CCC(=O)NC2=O)c2ccc(CCCN3CC(F)(F)CC4(CCN(c5ccc6cn(C7CCC(CNC(=O)c8cc(F)c(O)c(F)c8F)CC7)nc6c5)C4=O)C3)cc21. The fraction of sp³-hybridized carbons (Fsp3) is 0.467. The average molecular weight is 891 g/mol. The number of fused-ring (bicyclic) bond motifs is 2. The number of amides is 4. The Morgan fingerprint density at radius 1 is 0.953 bits per heavy atom. The molecule has 1 saturated carbocycles. The quantitative estimate of drug-likeness (QED) is 0.0921. The van der Waals surface area contributed by atoms with E-state index in [-0.39, 0.29) is 68.4 Å². The van der Waals surface area contributed by atoms with Gasteiger partial charge in [-0.15, -0.1) is 0 Å². The van der Waals surface area contributed by atoms with E-state index in [9.17, 15) is 42.3 Å². The van der Waals surface area contributed by atoms with Crippen molar-refractivity contribution in [3.05, 3.63) is 87.7 Å². The van der Waals surface area contributed by atoms with Gasteiger partial charge in [0.15, 0.2) is 17.4 Å². The van der Waals surface area contributed by atoms with Crippen LogP contribution in [0.1, 0.15) is 85.8 Å². The summed E-state index contributed by atoms with van der Waals surface area (Å²) in [4.78, 5) is 67.4. The maximum Gasteiger partial charge on any atom is 0.329 e. The Labute approximate surface area is 363 Å². The van der Waals surface area contributed by atoms with Gasteiger partial charge in [-0.2, -0.15) is 9.49 Å². The molecule has 3 N–H and O–H groups in total. The van der Waals surface area contributed by atoms with E-state index in [1.807, 2.05) is 41.2 Å². The normalized spacial score (nSPS) is 24.0. The summed E-state index contributed by atoms with van der Waals surface area (Å²) in [5.74, 6) is -11.6. The van der Waals surface area contributed by atoms with Crippen molar-refractivity contribution in [3.8, 4) is 5.75 Å². The third-order valence-electron chi connectivity index (χ3n) is 13.6. The third kappa shape index (κ3) is 7.91. The number of imide groups is 1. The highest BCUT2D eigenvalue weighted by Crippen LogP contribution is 2.47. The number of anilines is 1. The molecule has 2 atom stereocenters. The molecule has 1 unspecified atom stereocenters. The summed E-state index contributed by atoms with van der Waals surface area (Å²) in [5.41, 5.74) is 0.856. The number of hydrogen-bond acceptors (Lipinski definition) is 8. The number of aromatic nitrogens is 4. The number of alkyl halides is 2. The summed E-state index contributed by atoms with van der Waals surface area (Å²) in [6.07, 6.45) is 5.91. The minimum absolute atomic E-state index is 0.0323. The number of halogens is 5. The lowest BCUT2D eigenvalue weighted by Gasteiger charge is -2.43. The van der Waals surface area contributed by atoms with Gasteiger partial charge in [-0.1, -0.05) is 6.07 Å². The zero-order valence-corrected chi connectivity index (χ0v) is 35.0. The second-order valence-electron chi connectivity index (χ2n) is 18.0. The molecule has 5 heterocycles. The van der Waals surface area contributed by atoms with E-state index in [4.69, 9.17) is 5.10 Å². The molecule has 1 spiro atoms. The second kappa shape index (κ2) is 16.5. The monoisotopic (exact) mass is 890 g/mol. The van der Waals surface area contributed by atoms with Crippen LogP contribution in [0.25, 0.3) is 21.9 Å². The Morgan fingerprint density at radius 3 is 2.50 bits per heavy atom. The number of rotatable bonds is 10. The van der Waals surface area contributed by atoms with Crippen molar-refractivity contribution >= 4 is 51.3 Å². The topological polar surface area (TPSA) is 164 Å². The van der Waals surface area contributed by atoms with Crippen molar-refractivity contribution < 1.29 is 46.2 Å². The average Bonchev–Trinajstić information content (AvgIpc) is 3.90. The molecule has 3 aromatic carbocycles. The highest BCUT2D eigenvalue weighted by Gasteiger charge is 2.57. The van der Waals surface area contributed by atoms with E-state index in [1.165, 1.54) is 9.13 Å². The molecule has 2 aromatic heterocycles. The lowest BCUT2D eigenvalue weighted by atomic mass is 9.77. The number of phenolic OH excluding ortho intramolecular Hbond substituents is 1. The molecule has 19 heteroatoms. The van der Waals surface area contributed by atoms with Crippen LogP contribution in [0.4, 0.5) is 27.6 Å². The van der Waals surface area contributed by atoms with E-state index in [2.05, 4.69) is 10.6 Å². The number of likely N-dealkylation sites (tertiary alicyclic amines) is 1. The predicted octanol–water partition coefficient (Wildman–Crippen LogP) is 5.65. The molecule has 9 rings (SSSR count). The van der Waals surface area contributed by atoms with Crippen LogP contribution >= 0.6 is 0 Å². The Bertz CT molecular complexity index is 2780. The third-order valence-corrected chi connectivity index (χ3v) is 13.6. The highest BCUT2D eigenvalue weighted by atomic mass is 19.3. The van der Waals surface area contributed by atoms with Crippen molar-refractivity contribution in [2.75, 3.05) is 37.6 Å². The first kappa shape index (κ1) is 43.2. The number of carbonyl (C=O) groups is 4. The Kier molecular flexibility index (Phi) is 11.1. The first-order chi connectivity index (χ1) is 30.5. The lowest BCUT2D eigenvalue weighted by molar-refractivity contribution is -0.146. The smallest absolute Gasteiger partial charge is 0.329 e. The van der Waals surface area contributed by atoms with Gasteiger partial charge in [-0.25, -0.2) is 22.4 Å². The molecule has 4 aliphatic rings. The van der Waals surface area contributed by atoms with E-state index in [0.29, 0.717) is 73.4 Å². The van der Waals surface area contributed by atoms with Crippen molar-refractivity contribution in [1.29, 1.82) is 0 Å². The van der Waals surface area contributed by atoms with Crippen LogP contribution in [0.2, 0.25) is 0 Å². The second-order valence-corrected chi connectivity index (χ2v) is 18.0. The van der Waals surface area contributed by atoms with Gasteiger partial charge in [0.25, 0.3) is 11.8 Å². The molecule has 4 amide bonds. The molecule has 338 valence electrons. The number of aryl methyl sites for hydroxylation is 2. The zero-order valence-electron chi connectivity index (χ0n) is 35.0. The van der Waals surface area contributed by atoms with Gasteiger partial charge in [0.05, 0.1) is 40.1 Å². The molecule has 5 aromatic rings. The number of imidazole rings is 1. The molecule has 1 aliphatic carbocycles. The number of hydrogen-bond donors (Lipinski definition) is 3. The molecule has 0 bridgehead atoms. The Morgan fingerprint density at radius 2 is 1.73 bits per heavy atom. The van der Waals surface area contributed by atoms with E-state index < -0.39 is 70.9 Å². The zero-order chi connectivity index (χ0) is 45.2. The Balaban J connectivity index is 0.806. The van der Waals surface area contributed by atoms with Gasteiger partial charge in [0, 0.05) is 56.8 Å². The predicted molar refractivity (Wildman–Crippen MR) is 223 cm³/mol. The van der Waals surface area contributed by atoms with Crippen molar-refractivity contribution in [3.63, 3.8) is 0 Å². The van der Waals surface area contributed by atoms with E-state index >= 15 is 8.78 Å². The summed E-state index contributed by atoms with van der Waals surface area (Å²) in [5, 5.41) is 19.8. The summed E-state index contributed by atoms with van der Waals surface area (Å²) < 4.78 is 77.5. The van der Waals surface area contributed by atoms with Crippen LogP contribution in [0.3, 0.4) is 0 Å². The first-order valence-corrected chi connectivity index (χ1v) is 21.6. The minimum Gasteiger partial charge on any atom is -0.503 e. The van der Waals surface area contributed by atoms with Crippen LogP contribution in [0, 0.1) is 28.8 Å². The first-order valence-electron chi connectivity index (χ1n) is 21.6. The fourth-order valence-corrected chi connectivity index (χ4v) is 10.3. The summed E-state index contributed by atoms with van der Waals surface area (Å²) >= 11 is 0. The molecule has 14 nitrogen and oxygen atoms in total. The molecular weight excluding hydrogens is 844 g/mol. The van der Waals surface area contributed by atoms with Crippen molar-refractivity contribution in [2.45, 2.75) is 82.2 Å². The van der Waals surface area contributed by atoms with Gasteiger partial charge >= 0.3 is 5.69 Å². The van der Waals surface area contributed by atoms with Crippen LogP contribution < -0.4 is 21.2 Å². The molecular formula is C45H47F5N8O6. The number of nitrogens with zero attached hydrogens (tertiary/aromatic N) is 6. The number of aromatic hydroxyl groups is 1. The lowest BCUT2D eigenvalue weighted by Crippen LogP contribution is -2.55. The van der Waals surface area contributed by atoms with Crippen LogP contribution in [0.15, 0.2) is 53.5 Å². The summed E-state index contributed by atoms with van der Waals surface area (Å²) in [6, 6.07) is 10.7. The van der Waals surface area contributed by atoms with Crippen molar-refractivity contribution in [2.24, 2.45) is 18.4 Å². The van der Waals surface area contributed by atoms with Crippen molar-refractivity contribution in [1.82, 2.24) is 34.4 Å². The van der Waals surface area contributed by atoms with Gasteiger partial charge in [0.1, 0.15) is 6.04 Å². The van der Waals surface area contributed by atoms with Gasteiger partial charge in [-0.05, 0) is 106 Å². The molecule has 4 fully saturated rings. The molecule has 3 aliphatic heterocycles. The highest BCUT2D eigenvalue weighted by molar-refractivity contribution is 6.02. The fourth-order valence-electron chi connectivity index (χ4n) is 10.3. The number of piperidine rings is 2. The minimum atomic E-state index is -3.07. The number of phenols is 1. The number of nitrogens with one attached hydrogen (secondary N) is 2. The van der Waals surface area contributed by atoms with E-state index in [0.717, 1.165) is 10.9 Å². The van der Waals surface area contributed by atoms with Crippen LogP contribution in [0.5, 0.6) is 5.75 Å². The summed E-state index contributed by atoms with van der Waals surface area (Å²) in [7, 11) is 1.62. The standard InChI is InChI=1S/C45H47F5N8O6/c1-54-35-17-25(6-11-33(35)58(43(54)64)34-12-13-36(59)52-41(34)62)3-2-15-55-23-44(22-45(49,50)24-55)14-16-56(42(44)63)29-10-7-27-21-57(53-32(27)18-29)28-8-4-26(5-9-28)20-51-40(61)30-19-31(46)39(60)38(48)37(30)47/h6-7,10-11,17-19,21,26,28,34,60H,2-5,8-9,12-16,20,22-24H2,1H3,(H,51,61)(H,52,59,62)/t26?,28?,34-,44?/m1/s1. The van der Waals surface area contributed by atoms with Crippen LogP contribution in [-0.4, -0.2) is 91.2 Å². The van der Waals surface area contributed by atoms with Crippen LogP contribution in [-0.2, 0) is 27.9 Å². The summed E-state index contributed by atoms with van der Waals surface area (Å²) in [6.45, 7) is 0.541. The van der Waals surface area contributed by atoms with E-state index in [1.54, 1.807) is 22.9 Å². The largest absolute Gasteiger partial charge is 0.503 e. The van der Waals surface area contributed by atoms with Gasteiger partial charge < -0.3 is 15.3 Å². The van der Waals surface area contributed by atoms with Gasteiger partial charge in [0.2, 0.25) is 23.5 Å². The molecule has 64 heavy (non-hydrogen) atoms. The maximum atomic E-state index is 15.5. The molecule has 0 radical (unpaired) electrons. The maximum absolute atomic E-state index is 15.5. The number of benzene rings is 3. The van der Waals surface area contributed by atoms with Gasteiger partial charge in [-0.3, -0.25) is 43.2 Å².